The maximum atomic E-state index is 12.1. The normalized spacial score (nSPS) is 16.2. The number of nitrogens with one attached hydrogen (secondary N) is 1. The van der Waals surface area contributed by atoms with Crippen LogP contribution in [0.1, 0.15) is 12.8 Å². The summed E-state index contributed by atoms with van der Waals surface area (Å²) in [6, 6.07) is 2.97. The van der Waals surface area contributed by atoms with E-state index in [0.717, 1.165) is 0 Å². The van der Waals surface area contributed by atoms with E-state index in [1.54, 1.807) is 0 Å². The van der Waals surface area contributed by atoms with Gasteiger partial charge in [0, 0.05) is 0 Å². The summed E-state index contributed by atoms with van der Waals surface area (Å²) in [6.45, 7) is 0. The van der Waals surface area contributed by atoms with E-state index in [4.69, 9.17) is 52.8 Å². The number of hydrogen-bond donors (Lipinski definition) is 2. The van der Waals surface area contributed by atoms with Crippen LogP contribution in [0.5, 0.6) is 0 Å². The van der Waals surface area contributed by atoms with E-state index in [0.29, 0.717) is 33.6 Å². The van der Waals surface area contributed by atoms with Crippen molar-refractivity contribution < 1.29 is 4.79 Å². The molecule has 2 rings (SSSR count). The molecule has 1 fully saturated rings. The highest BCUT2D eigenvalue weighted by molar-refractivity contribution is 7.80. The number of carbonyl (C=O) groups is 1. The molecule has 1 aromatic rings. The quantitative estimate of drug-likeness (QED) is 0.659. The van der Waals surface area contributed by atoms with Gasteiger partial charge in [-0.25, -0.2) is 0 Å². The topological polar surface area (TPSA) is 55.1 Å². The molecule has 1 aromatic carbocycles. The first-order valence-electron chi connectivity index (χ1n) is 5.13. The molecule has 0 aromatic heterocycles. The summed E-state index contributed by atoms with van der Waals surface area (Å²) >= 11 is 22.6. The highest BCUT2D eigenvalue weighted by atomic mass is 35.5. The molecule has 1 aliphatic rings. The van der Waals surface area contributed by atoms with Crippen LogP contribution in [0.15, 0.2) is 12.1 Å². The summed E-state index contributed by atoms with van der Waals surface area (Å²) in [5, 5.41) is 3.64. The molecule has 1 saturated carbocycles. The molecular weight excluding hydrogens is 315 g/mol. The number of rotatable bonds is 3. The second-order valence-corrected chi connectivity index (χ2v) is 5.81. The zero-order chi connectivity index (χ0) is 13.5. The molecule has 0 radical (unpaired) electrons. The predicted molar refractivity (Wildman–Crippen MR) is 78.6 cm³/mol. The Morgan fingerprint density at radius 1 is 1.22 bits per heavy atom. The van der Waals surface area contributed by atoms with Crippen LogP contribution >= 0.6 is 47.0 Å². The fourth-order valence-corrected chi connectivity index (χ4v) is 2.46. The molecule has 0 saturated heterocycles. The molecule has 0 atom stereocenters. The van der Waals surface area contributed by atoms with Crippen molar-refractivity contribution in [2.24, 2.45) is 11.1 Å². The molecule has 1 amide bonds. The van der Waals surface area contributed by atoms with Crippen molar-refractivity contribution in [2.75, 3.05) is 5.32 Å². The van der Waals surface area contributed by atoms with Gasteiger partial charge in [-0.3, -0.25) is 4.79 Å². The summed E-state index contributed by atoms with van der Waals surface area (Å²) in [6.07, 6.45) is 1.32. The molecule has 1 aliphatic carbocycles. The Morgan fingerprint density at radius 3 is 2.28 bits per heavy atom. The second-order valence-electron chi connectivity index (χ2n) is 4.15. The molecule has 3 N–H and O–H groups in total. The first-order valence-corrected chi connectivity index (χ1v) is 6.67. The molecule has 0 unspecified atom stereocenters. The maximum absolute atomic E-state index is 12.1. The van der Waals surface area contributed by atoms with Crippen molar-refractivity contribution in [1.82, 2.24) is 0 Å². The lowest BCUT2D eigenvalue weighted by Gasteiger charge is -2.15. The molecule has 0 aliphatic heterocycles. The Morgan fingerprint density at radius 2 is 1.78 bits per heavy atom. The van der Waals surface area contributed by atoms with E-state index in [2.05, 4.69) is 5.32 Å². The van der Waals surface area contributed by atoms with Crippen molar-refractivity contribution in [3.05, 3.63) is 27.2 Å². The molecular formula is C11H9Cl3N2OS. The summed E-state index contributed by atoms with van der Waals surface area (Å²) in [5.74, 6) is -0.254. The van der Waals surface area contributed by atoms with Crippen LogP contribution < -0.4 is 11.1 Å². The van der Waals surface area contributed by atoms with Gasteiger partial charge in [0.25, 0.3) is 0 Å². The summed E-state index contributed by atoms with van der Waals surface area (Å²) in [7, 11) is 0. The Bertz CT molecular complexity index is 543. The fraction of sp³-hybridized carbons (Fsp3) is 0.273. The lowest BCUT2D eigenvalue weighted by atomic mass is 10.1. The van der Waals surface area contributed by atoms with Gasteiger partial charge in [0.05, 0.1) is 31.2 Å². The van der Waals surface area contributed by atoms with Crippen molar-refractivity contribution in [3.63, 3.8) is 0 Å². The highest BCUT2D eigenvalue weighted by Crippen LogP contribution is 2.47. The smallest absolute Gasteiger partial charge is 0.237 e. The minimum Gasteiger partial charge on any atom is -0.392 e. The van der Waals surface area contributed by atoms with E-state index in [1.807, 2.05) is 0 Å². The van der Waals surface area contributed by atoms with Crippen molar-refractivity contribution in [2.45, 2.75) is 12.8 Å². The second kappa shape index (κ2) is 4.85. The molecule has 96 valence electrons. The minimum absolute atomic E-state index is 0.205. The van der Waals surface area contributed by atoms with Crippen LogP contribution in [0.2, 0.25) is 15.1 Å². The van der Waals surface area contributed by atoms with E-state index >= 15 is 0 Å². The van der Waals surface area contributed by atoms with E-state index < -0.39 is 5.41 Å². The zero-order valence-electron chi connectivity index (χ0n) is 9.10. The Balaban J connectivity index is 2.23. The minimum atomic E-state index is -0.731. The summed E-state index contributed by atoms with van der Waals surface area (Å²) in [5.41, 5.74) is 5.24. The molecule has 0 heterocycles. The lowest BCUT2D eigenvalue weighted by molar-refractivity contribution is -0.118. The third-order valence-electron chi connectivity index (χ3n) is 2.91. The maximum Gasteiger partial charge on any atom is 0.237 e. The Kier molecular flexibility index (Phi) is 3.74. The van der Waals surface area contributed by atoms with Gasteiger partial charge in [-0.1, -0.05) is 47.0 Å². The van der Waals surface area contributed by atoms with Crippen LogP contribution in [0.3, 0.4) is 0 Å². The van der Waals surface area contributed by atoms with Crippen LogP contribution in [0, 0.1) is 5.41 Å². The Labute approximate surface area is 125 Å². The number of halogens is 3. The third-order valence-corrected chi connectivity index (χ3v) is 4.34. The molecule has 18 heavy (non-hydrogen) atoms. The van der Waals surface area contributed by atoms with Crippen LogP contribution in [0.25, 0.3) is 0 Å². The summed E-state index contributed by atoms with van der Waals surface area (Å²) in [4.78, 5) is 12.3. The predicted octanol–water partition coefficient (Wildman–Crippen LogP) is 3.65. The summed E-state index contributed by atoms with van der Waals surface area (Å²) < 4.78 is 0. The highest BCUT2D eigenvalue weighted by Gasteiger charge is 2.52. The number of nitrogens with two attached hydrogens (primary N) is 1. The van der Waals surface area contributed by atoms with Gasteiger partial charge in [-0.15, -0.1) is 0 Å². The third kappa shape index (κ3) is 2.43. The van der Waals surface area contributed by atoms with Crippen LogP contribution in [-0.2, 0) is 4.79 Å². The molecule has 7 heteroatoms. The monoisotopic (exact) mass is 322 g/mol. The molecule has 0 bridgehead atoms. The van der Waals surface area contributed by atoms with Crippen molar-refractivity contribution in [3.8, 4) is 0 Å². The number of hydrogen-bond acceptors (Lipinski definition) is 2. The number of anilines is 1. The Hall–Kier alpha value is -0.550. The molecule has 0 spiro atoms. The van der Waals surface area contributed by atoms with Gasteiger partial charge < -0.3 is 11.1 Å². The van der Waals surface area contributed by atoms with E-state index in [-0.39, 0.29) is 10.9 Å². The zero-order valence-corrected chi connectivity index (χ0v) is 12.2. The van der Waals surface area contributed by atoms with Gasteiger partial charge in [-0.2, -0.15) is 0 Å². The van der Waals surface area contributed by atoms with Crippen molar-refractivity contribution in [1.29, 1.82) is 0 Å². The first kappa shape index (κ1) is 13.9. The lowest BCUT2D eigenvalue weighted by Crippen LogP contribution is -2.35. The van der Waals surface area contributed by atoms with Gasteiger partial charge in [0.15, 0.2) is 0 Å². The standard InChI is InChI=1S/C11H9Cl3N2OS/c12-5-3-7(14)8(4-6(5)13)16-10(17)11(1-2-11)9(15)18/h3-4H,1-2H2,(H2,15,18)(H,16,17). The average molecular weight is 324 g/mol. The largest absolute Gasteiger partial charge is 0.392 e. The van der Waals surface area contributed by atoms with Gasteiger partial charge in [0.1, 0.15) is 0 Å². The van der Waals surface area contributed by atoms with Crippen LogP contribution in [-0.4, -0.2) is 10.9 Å². The van der Waals surface area contributed by atoms with Gasteiger partial charge in [0.2, 0.25) is 5.91 Å². The number of benzene rings is 1. The van der Waals surface area contributed by atoms with Gasteiger partial charge >= 0.3 is 0 Å². The van der Waals surface area contributed by atoms with E-state index in [9.17, 15) is 4.79 Å². The average Bonchev–Trinajstić information content (AvgIpc) is 3.06. The van der Waals surface area contributed by atoms with Crippen LogP contribution in [0.4, 0.5) is 5.69 Å². The van der Waals surface area contributed by atoms with Crippen molar-refractivity contribution >= 4 is 63.6 Å². The fourth-order valence-electron chi connectivity index (χ4n) is 1.57. The number of amides is 1. The van der Waals surface area contributed by atoms with Gasteiger partial charge in [-0.05, 0) is 25.0 Å². The molecule has 3 nitrogen and oxygen atoms in total. The number of thiocarbonyl (C=S) groups is 1. The number of carbonyl (C=O) groups excluding carboxylic acids is 1. The SMILES string of the molecule is NC(=S)C1(C(=O)Nc2cc(Cl)c(Cl)cc2Cl)CC1. The van der Waals surface area contributed by atoms with E-state index in [1.165, 1.54) is 12.1 Å². The first-order chi connectivity index (χ1) is 8.36.